The first-order valence-corrected chi connectivity index (χ1v) is 7.58. The Hall–Kier alpha value is -0.910. The van der Waals surface area contributed by atoms with E-state index in [1.807, 2.05) is 0 Å². The maximum absolute atomic E-state index is 12.0. The summed E-state index contributed by atoms with van der Waals surface area (Å²) in [5.41, 5.74) is 0.302. The Morgan fingerprint density at radius 2 is 2.22 bits per heavy atom. The highest BCUT2D eigenvalue weighted by Crippen LogP contribution is 2.48. The smallest absolute Gasteiger partial charge is 0.327 e. The third-order valence-corrected chi connectivity index (χ3v) is 4.79. The topological polar surface area (TPSA) is 69.6 Å². The molecule has 0 aromatic rings. The van der Waals surface area contributed by atoms with E-state index < -0.39 is 12.0 Å². The Kier molecular flexibility index (Phi) is 4.04. The zero-order chi connectivity index (χ0) is 13.2. The zero-order valence-corrected chi connectivity index (χ0v) is 11.5. The molecule has 2 rings (SSSR count). The van der Waals surface area contributed by atoms with Crippen LogP contribution in [0, 0.1) is 5.41 Å². The maximum Gasteiger partial charge on any atom is 0.327 e. The molecule has 5 nitrogen and oxygen atoms in total. The lowest BCUT2D eigenvalue weighted by molar-refractivity contribution is -0.140. The van der Waals surface area contributed by atoms with Crippen molar-refractivity contribution >= 4 is 23.8 Å². The average molecular weight is 272 g/mol. The minimum absolute atomic E-state index is 0.227. The van der Waals surface area contributed by atoms with E-state index in [0.717, 1.165) is 12.8 Å². The van der Waals surface area contributed by atoms with Gasteiger partial charge in [-0.2, -0.15) is 0 Å². The molecule has 2 amide bonds. The van der Waals surface area contributed by atoms with E-state index >= 15 is 0 Å². The van der Waals surface area contributed by atoms with E-state index in [-0.39, 0.29) is 6.03 Å². The van der Waals surface area contributed by atoms with Gasteiger partial charge < -0.3 is 15.3 Å². The molecule has 1 unspecified atom stereocenters. The number of nitrogens with zero attached hydrogens (tertiary/aromatic N) is 1. The number of carbonyl (C=O) groups excluding carboxylic acids is 1. The van der Waals surface area contributed by atoms with Crippen LogP contribution in [0.4, 0.5) is 4.79 Å². The van der Waals surface area contributed by atoms with Crippen molar-refractivity contribution in [2.45, 2.75) is 38.6 Å². The van der Waals surface area contributed by atoms with Crippen LogP contribution in [0.25, 0.3) is 0 Å². The second kappa shape index (κ2) is 5.38. The van der Waals surface area contributed by atoms with Gasteiger partial charge >= 0.3 is 12.0 Å². The van der Waals surface area contributed by atoms with E-state index in [1.165, 1.54) is 29.5 Å². The summed E-state index contributed by atoms with van der Waals surface area (Å²) in [6, 6.07) is -0.897. The van der Waals surface area contributed by atoms with Crippen LogP contribution in [0.1, 0.15) is 32.6 Å². The summed E-state index contributed by atoms with van der Waals surface area (Å²) in [5, 5.41) is 11.9. The van der Waals surface area contributed by atoms with Gasteiger partial charge in [0.05, 0.1) is 5.88 Å². The predicted molar refractivity (Wildman–Crippen MR) is 70.6 cm³/mol. The molecule has 1 heterocycles. The van der Waals surface area contributed by atoms with E-state index in [4.69, 9.17) is 5.11 Å². The molecule has 0 bridgehead atoms. The number of urea groups is 1. The number of nitrogens with one attached hydrogen (secondary N) is 1. The summed E-state index contributed by atoms with van der Waals surface area (Å²) in [5.74, 6) is 0.0525. The second-order valence-electron chi connectivity index (χ2n) is 5.23. The van der Waals surface area contributed by atoms with Crippen LogP contribution in [0.5, 0.6) is 0 Å². The number of carboxylic acid groups (broad SMARTS) is 1. The van der Waals surface area contributed by atoms with Crippen molar-refractivity contribution in [3.63, 3.8) is 0 Å². The van der Waals surface area contributed by atoms with Crippen molar-refractivity contribution in [2.75, 3.05) is 18.2 Å². The minimum Gasteiger partial charge on any atom is -0.480 e. The molecule has 1 aliphatic carbocycles. The summed E-state index contributed by atoms with van der Waals surface area (Å²) in [6.07, 6.45) is 4.63. The van der Waals surface area contributed by atoms with Crippen molar-refractivity contribution in [1.82, 2.24) is 10.2 Å². The van der Waals surface area contributed by atoms with Gasteiger partial charge in [0.15, 0.2) is 0 Å². The van der Waals surface area contributed by atoms with Gasteiger partial charge in [0.2, 0.25) is 0 Å². The number of carboxylic acids is 1. The number of rotatable bonds is 5. The molecule has 0 aromatic carbocycles. The van der Waals surface area contributed by atoms with Crippen molar-refractivity contribution < 1.29 is 14.7 Å². The molecule has 0 radical (unpaired) electrons. The fourth-order valence-electron chi connectivity index (χ4n) is 2.43. The minimum atomic E-state index is -0.912. The lowest BCUT2D eigenvalue weighted by Crippen LogP contribution is -2.48. The summed E-state index contributed by atoms with van der Waals surface area (Å²) in [7, 11) is 0. The van der Waals surface area contributed by atoms with Crippen LogP contribution in [0.15, 0.2) is 0 Å². The van der Waals surface area contributed by atoms with Gasteiger partial charge in [0.25, 0.3) is 0 Å². The van der Waals surface area contributed by atoms with E-state index in [2.05, 4.69) is 12.2 Å². The fraction of sp³-hybridized carbons (Fsp3) is 0.833. The van der Waals surface area contributed by atoms with E-state index in [1.54, 1.807) is 0 Å². The first-order chi connectivity index (χ1) is 8.58. The maximum atomic E-state index is 12.0. The van der Waals surface area contributed by atoms with Gasteiger partial charge in [-0.3, -0.25) is 0 Å². The Labute approximate surface area is 111 Å². The molecular weight excluding hydrogens is 252 g/mol. The van der Waals surface area contributed by atoms with Gasteiger partial charge in [0, 0.05) is 12.3 Å². The molecule has 0 aromatic heterocycles. The number of amides is 2. The van der Waals surface area contributed by atoms with Gasteiger partial charge in [-0.25, -0.2) is 9.59 Å². The number of carbonyl (C=O) groups is 2. The summed E-state index contributed by atoms with van der Waals surface area (Å²) in [4.78, 5) is 24.4. The molecule has 2 fully saturated rings. The highest BCUT2D eigenvalue weighted by Gasteiger charge is 2.42. The molecule has 1 saturated carbocycles. The van der Waals surface area contributed by atoms with Gasteiger partial charge in [-0.1, -0.05) is 13.3 Å². The second-order valence-corrected chi connectivity index (χ2v) is 6.23. The predicted octanol–water partition coefficient (Wildman–Crippen LogP) is 1.74. The highest BCUT2D eigenvalue weighted by atomic mass is 32.2. The lowest BCUT2D eigenvalue weighted by atomic mass is 10.0. The molecule has 1 aliphatic heterocycles. The molecule has 2 aliphatic rings. The number of aliphatic carboxylic acids is 1. The quantitative estimate of drug-likeness (QED) is 0.799. The fourth-order valence-corrected chi connectivity index (χ4v) is 3.58. The first-order valence-electron chi connectivity index (χ1n) is 6.43. The third-order valence-electron chi connectivity index (χ3n) is 3.78. The molecule has 6 heteroatoms. The third kappa shape index (κ3) is 2.91. The Bertz CT molecular complexity index is 344. The van der Waals surface area contributed by atoms with E-state index in [0.29, 0.717) is 23.6 Å². The zero-order valence-electron chi connectivity index (χ0n) is 10.6. The molecule has 0 spiro atoms. The van der Waals surface area contributed by atoms with Gasteiger partial charge in [-0.05, 0) is 24.7 Å². The summed E-state index contributed by atoms with van der Waals surface area (Å²) >= 11 is 1.49. The summed E-state index contributed by atoms with van der Waals surface area (Å²) < 4.78 is 0. The summed E-state index contributed by atoms with van der Waals surface area (Å²) in [6.45, 7) is 2.84. The Morgan fingerprint density at radius 3 is 2.78 bits per heavy atom. The lowest BCUT2D eigenvalue weighted by Gasteiger charge is -2.23. The molecule has 1 saturated heterocycles. The van der Waals surface area contributed by atoms with Crippen LogP contribution in [0.3, 0.4) is 0 Å². The van der Waals surface area contributed by atoms with Crippen LogP contribution in [-0.4, -0.2) is 46.2 Å². The number of hydrogen-bond donors (Lipinski definition) is 2. The van der Waals surface area contributed by atoms with Gasteiger partial charge in [-0.15, -0.1) is 11.8 Å². The van der Waals surface area contributed by atoms with Crippen molar-refractivity contribution in [1.29, 1.82) is 0 Å². The number of thioether (sulfide) groups is 1. The van der Waals surface area contributed by atoms with Gasteiger partial charge in [0.1, 0.15) is 6.04 Å². The van der Waals surface area contributed by atoms with Crippen LogP contribution < -0.4 is 5.32 Å². The van der Waals surface area contributed by atoms with Crippen LogP contribution in [-0.2, 0) is 4.79 Å². The first kappa shape index (κ1) is 13.5. The Balaban J connectivity index is 1.83. The molecular formula is C12H20N2O3S. The van der Waals surface area contributed by atoms with Crippen LogP contribution in [0.2, 0.25) is 0 Å². The molecule has 102 valence electrons. The van der Waals surface area contributed by atoms with Crippen molar-refractivity contribution in [3.05, 3.63) is 0 Å². The Morgan fingerprint density at radius 1 is 1.50 bits per heavy atom. The van der Waals surface area contributed by atoms with E-state index in [9.17, 15) is 9.59 Å². The molecule has 18 heavy (non-hydrogen) atoms. The SMILES string of the molecule is CCCC1(CNC(=O)N2CSCC2C(=O)O)CC1. The molecule has 1 atom stereocenters. The van der Waals surface area contributed by atoms with Crippen molar-refractivity contribution in [2.24, 2.45) is 5.41 Å². The standard InChI is InChI=1S/C12H20N2O3S/c1-2-3-12(4-5-12)7-13-11(17)14-8-18-6-9(14)10(15)16/h9H,2-8H2,1H3,(H,13,17)(H,15,16). The average Bonchev–Trinajstić information content (AvgIpc) is 2.92. The largest absolute Gasteiger partial charge is 0.480 e. The number of hydrogen-bond acceptors (Lipinski definition) is 3. The highest BCUT2D eigenvalue weighted by molar-refractivity contribution is 7.99. The van der Waals surface area contributed by atoms with Crippen LogP contribution >= 0.6 is 11.8 Å². The monoisotopic (exact) mass is 272 g/mol. The van der Waals surface area contributed by atoms with Crippen molar-refractivity contribution in [3.8, 4) is 0 Å². The molecule has 2 N–H and O–H groups in total. The normalized spacial score (nSPS) is 24.9.